The molecule has 0 saturated carbocycles. The van der Waals surface area contributed by atoms with Crippen LogP contribution < -0.4 is 0 Å². The summed E-state index contributed by atoms with van der Waals surface area (Å²) < 4.78 is 0. The molecule has 0 saturated heterocycles. The van der Waals surface area contributed by atoms with Crippen molar-refractivity contribution in [2.75, 3.05) is 0 Å². The summed E-state index contributed by atoms with van der Waals surface area (Å²) in [6, 6.07) is 19.1. The fraction of sp³-hybridized carbons (Fsp3) is 0.125. The summed E-state index contributed by atoms with van der Waals surface area (Å²) in [5.41, 5.74) is 3.93. The fourth-order valence-electron chi connectivity index (χ4n) is 1.52. The van der Waals surface area contributed by atoms with Gasteiger partial charge in [0.15, 0.2) is 0 Å². The van der Waals surface area contributed by atoms with E-state index in [1.807, 2.05) is 11.8 Å². The van der Waals surface area contributed by atoms with Crippen molar-refractivity contribution < 1.29 is 0 Å². The SMILES string of the molecule is Cc1ccc(C=CSCc2ccccc2)cc1. The molecule has 0 nitrogen and oxygen atoms in total. The van der Waals surface area contributed by atoms with Gasteiger partial charge in [0.25, 0.3) is 0 Å². The Balaban J connectivity index is 1.84. The zero-order valence-corrected chi connectivity index (χ0v) is 10.8. The maximum Gasteiger partial charge on any atom is 0.0226 e. The molecule has 86 valence electrons. The molecule has 0 atom stereocenters. The number of hydrogen-bond acceptors (Lipinski definition) is 1. The third kappa shape index (κ3) is 4.12. The van der Waals surface area contributed by atoms with Gasteiger partial charge in [0.2, 0.25) is 0 Å². The van der Waals surface area contributed by atoms with Crippen LogP contribution in [0.4, 0.5) is 0 Å². The molecule has 0 amide bonds. The van der Waals surface area contributed by atoms with E-state index in [-0.39, 0.29) is 0 Å². The van der Waals surface area contributed by atoms with Crippen molar-refractivity contribution >= 4 is 17.8 Å². The van der Waals surface area contributed by atoms with Crippen LogP contribution in [0.2, 0.25) is 0 Å². The van der Waals surface area contributed by atoms with Crippen LogP contribution in [0.15, 0.2) is 60.0 Å². The van der Waals surface area contributed by atoms with Crippen molar-refractivity contribution in [3.05, 3.63) is 76.7 Å². The van der Waals surface area contributed by atoms with Crippen molar-refractivity contribution in [1.82, 2.24) is 0 Å². The smallest absolute Gasteiger partial charge is 0.0226 e. The monoisotopic (exact) mass is 240 g/mol. The van der Waals surface area contributed by atoms with Gasteiger partial charge in [0, 0.05) is 5.75 Å². The highest BCUT2D eigenvalue weighted by Gasteiger charge is 1.89. The standard InChI is InChI=1S/C16H16S/c1-14-7-9-15(10-8-14)11-12-17-13-16-5-3-2-4-6-16/h2-12H,13H2,1H3. The summed E-state index contributed by atoms with van der Waals surface area (Å²) in [5.74, 6) is 1.03. The first-order valence-electron chi connectivity index (χ1n) is 5.73. The van der Waals surface area contributed by atoms with Crippen LogP contribution in [-0.4, -0.2) is 0 Å². The van der Waals surface area contributed by atoms with Crippen molar-refractivity contribution in [2.24, 2.45) is 0 Å². The summed E-state index contributed by atoms with van der Waals surface area (Å²) in [5, 5.41) is 2.16. The predicted octanol–water partition coefficient (Wildman–Crippen LogP) is 4.90. The molecule has 0 radical (unpaired) electrons. The van der Waals surface area contributed by atoms with Crippen LogP contribution in [0.3, 0.4) is 0 Å². The molecule has 0 aliphatic rings. The molecule has 0 heterocycles. The lowest BCUT2D eigenvalue weighted by molar-refractivity contribution is 1.42. The number of hydrogen-bond donors (Lipinski definition) is 0. The van der Waals surface area contributed by atoms with Gasteiger partial charge in [-0.15, -0.1) is 11.8 Å². The molecule has 0 unspecified atom stereocenters. The lowest BCUT2D eigenvalue weighted by Crippen LogP contribution is -1.76. The fourth-order valence-corrected chi connectivity index (χ4v) is 2.26. The highest BCUT2D eigenvalue weighted by molar-refractivity contribution is 8.01. The Morgan fingerprint density at radius 3 is 2.35 bits per heavy atom. The number of rotatable bonds is 4. The van der Waals surface area contributed by atoms with Crippen LogP contribution in [-0.2, 0) is 5.75 Å². The Morgan fingerprint density at radius 2 is 1.65 bits per heavy atom. The first kappa shape index (κ1) is 12.0. The largest absolute Gasteiger partial charge is 0.129 e. The highest BCUT2D eigenvalue weighted by Crippen LogP contribution is 2.15. The molecule has 0 aromatic heterocycles. The van der Waals surface area contributed by atoms with Crippen LogP contribution in [0, 0.1) is 6.92 Å². The Bertz CT molecular complexity index is 469. The van der Waals surface area contributed by atoms with Crippen LogP contribution >= 0.6 is 11.8 Å². The Labute approximate surface area is 107 Å². The topological polar surface area (TPSA) is 0 Å². The molecular weight excluding hydrogens is 224 g/mol. The molecule has 2 aromatic carbocycles. The summed E-state index contributed by atoms with van der Waals surface area (Å²) in [6.45, 7) is 2.11. The molecule has 0 fully saturated rings. The molecular formula is C16H16S. The quantitative estimate of drug-likeness (QED) is 0.732. The molecule has 0 bridgehead atoms. The molecule has 0 aliphatic heterocycles. The zero-order chi connectivity index (χ0) is 11.9. The number of benzene rings is 2. The minimum atomic E-state index is 1.03. The second kappa shape index (κ2) is 6.31. The Kier molecular flexibility index (Phi) is 4.45. The minimum absolute atomic E-state index is 1.03. The molecule has 0 aliphatic carbocycles. The second-order valence-electron chi connectivity index (χ2n) is 4.01. The molecule has 2 rings (SSSR count). The Morgan fingerprint density at radius 1 is 0.941 bits per heavy atom. The average molecular weight is 240 g/mol. The highest BCUT2D eigenvalue weighted by atomic mass is 32.2. The number of thioether (sulfide) groups is 1. The van der Waals surface area contributed by atoms with Crippen LogP contribution in [0.25, 0.3) is 6.08 Å². The molecule has 17 heavy (non-hydrogen) atoms. The molecule has 0 N–H and O–H groups in total. The summed E-state index contributed by atoms with van der Waals surface area (Å²) >= 11 is 1.82. The van der Waals surface area contributed by atoms with Gasteiger partial charge in [-0.3, -0.25) is 0 Å². The maximum atomic E-state index is 2.16. The van der Waals surface area contributed by atoms with Gasteiger partial charge in [-0.25, -0.2) is 0 Å². The van der Waals surface area contributed by atoms with Gasteiger partial charge in [-0.1, -0.05) is 60.2 Å². The van der Waals surface area contributed by atoms with Gasteiger partial charge in [-0.2, -0.15) is 0 Å². The predicted molar refractivity (Wildman–Crippen MR) is 78.0 cm³/mol. The van der Waals surface area contributed by atoms with Gasteiger partial charge in [0.05, 0.1) is 0 Å². The van der Waals surface area contributed by atoms with E-state index >= 15 is 0 Å². The van der Waals surface area contributed by atoms with Crippen LogP contribution in [0.1, 0.15) is 16.7 Å². The minimum Gasteiger partial charge on any atom is -0.129 e. The van der Waals surface area contributed by atoms with E-state index in [1.54, 1.807) is 0 Å². The van der Waals surface area contributed by atoms with Gasteiger partial charge in [-0.05, 0) is 29.5 Å². The number of aryl methyl sites for hydroxylation is 1. The third-order valence-electron chi connectivity index (χ3n) is 2.53. The van der Waals surface area contributed by atoms with Crippen LogP contribution in [0.5, 0.6) is 0 Å². The first-order chi connectivity index (χ1) is 8.34. The molecule has 0 spiro atoms. The van der Waals surface area contributed by atoms with E-state index in [4.69, 9.17) is 0 Å². The molecule has 1 heteroatoms. The maximum absolute atomic E-state index is 2.16. The lowest BCUT2D eigenvalue weighted by Gasteiger charge is -1.97. The van der Waals surface area contributed by atoms with Crippen molar-refractivity contribution in [3.8, 4) is 0 Å². The lowest BCUT2D eigenvalue weighted by atomic mass is 10.2. The van der Waals surface area contributed by atoms with Crippen molar-refractivity contribution in [2.45, 2.75) is 12.7 Å². The van der Waals surface area contributed by atoms with E-state index in [0.717, 1.165) is 5.75 Å². The van der Waals surface area contributed by atoms with E-state index in [1.165, 1.54) is 16.7 Å². The zero-order valence-electron chi connectivity index (χ0n) is 9.97. The van der Waals surface area contributed by atoms with Crippen molar-refractivity contribution in [3.63, 3.8) is 0 Å². The second-order valence-corrected chi connectivity index (χ2v) is 4.90. The third-order valence-corrected chi connectivity index (χ3v) is 3.36. The van der Waals surface area contributed by atoms with Gasteiger partial charge < -0.3 is 0 Å². The normalized spacial score (nSPS) is 10.9. The van der Waals surface area contributed by atoms with Crippen molar-refractivity contribution in [1.29, 1.82) is 0 Å². The summed E-state index contributed by atoms with van der Waals surface area (Å²) in [6.07, 6.45) is 2.16. The summed E-state index contributed by atoms with van der Waals surface area (Å²) in [7, 11) is 0. The summed E-state index contributed by atoms with van der Waals surface area (Å²) in [4.78, 5) is 0. The van der Waals surface area contributed by atoms with E-state index in [0.29, 0.717) is 0 Å². The van der Waals surface area contributed by atoms with Gasteiger partial charge in [0.1, 0.15) is 0 Å². The van der Waals surface area contributed by atoms with Gasteiger partial charge >= 0.3 is 0 Å². The van der Waals surface area contributed by atoms with E-state index in [9.17, 15) is 0 Å². The van der Waals surface area contributed by atoms with E-state index in [2.05, 4.69) is 73.0 Å². The molecule has 2 aromatic rings. The first-order valence-corrected chi connectivity index (χ1v) is 6.78. The Hall–Kier alpha value is -1.47. The average Bonchev–Trinajstić information content (AvgIpc) is 2.38. The van der Waals surface area contributed by atoms with E-state index < -0.39 is 0 Å².